The summed E-state index contributed by atoms with van der Waals surface area (Å²) < 4.78 is 5.72. The molecule has 0 unspecified atom stereocenters. The van der Waals surface area contributed by atoms with E-state index in [0.29, 0.717) is 13.0 Å². The van der Waals surface area contributed by atoms with Gasteiger partial charge in [-0.1, -0.05) is 56.3 Å². The number of ether oxygens (including phenoxy) is 1. The third-order valence-corrected chi connectivity index (χ3v) is 2.95. The fourth-order valence-electron chi connectivity index (χ4n) is 2.09. The number of anilines is 1. The van der Waals surface area contributed by atoms with Crippen molar-refractivity contribution in [1.29, 1.82) is 0 Å². The number of benzene rings is 2. The Kier molecular flexibility index (Phi) is 8.15. The zero-order chi connectivity index (χ0) is 16.4. The molecule has 0 aliphatic carbocycles. The highest BCUT2D eigenvalue weighted by Crippen LogP contribution is 2.37. The maximum absolute atomic E-state index is 11.5. The lowest BCUT2D eigenvalue weighted by Crippen LogP contribution is -2.10. The van der Waals surface area contributed by atoms with Gasteiger partial charge < -0.3 is 10.1 Å². The van der Waals surface area contributed by atoms with Gasteiger partial charge in [-0.15, -0.1) is 0 Å². The number of carbonyl (C=O) groups excluding carboxylic acids is 1. The predicted molar refractivity (Wildman–Crippen MR) is 96.9 cm³/mol. The van der Waals surface area contributed by atoms with Crippen LogP contribution in [0.15, 0.2) is 48.5 Å². The third kappa shape index (κ3) is 4.53. The van der Waals surface area contributed by atoms with Gasteiger partial charge in [0, 0.05) is 5.56 Å². The molecule has 0 saturated heterocycles. The number of carbonyl (C=O) groups is 1. The van der Waals surface area contributed by atoms with E-state index >= 15 is 0 Å². The Morgan fingerprint density at radius 1 is 1.00 bits per heavy atom. The quantitative estimate of drug-likeness (QED) is 0.752. The number of hydrogen-bond donors (Lipinski definition) is 2. The molecule has 1 aliphatic rings. The summed E-state index contributed by atoms with van der Waals surface area (Å²) in [6, 6.07) is 15.8. The number of hydrogen-bond acceptors (Lipinski definition) is 3. The molecule has 0 saturated carbocycles. The summed E-state index contributed by atoms with van der Waals surface area (Å²) in [6.07, 6.45) is 2.09. The fraction of sp³-hybridized carbons (Fsp3) is 0.278. The lowest BCUT2D eigenvalue weighted by molar-refractivity contribution is -0.116. The van der Waals surface area contributed by atoms with Gasteiger partial charge in [0.15, 0.2) is 5.75 Å². The molecule has 4 heteroatoms. The average molecular weight is 317 g/mol. The minimum atomic E-state index is -0.000961. The molecule has 1 aliphatic heterocycles. The Morgan fingerprint density at radius 2 is 1.68 bits per heavy atom. The zero-order valence-electron chi connectivity index (χ0n) is 13.3. The van der Waals surface area contributed by atoms with Gasteiger partial charge in [0.1, 0.15) is 0 Å². The molecule has 1 heterocycles. The molecule has 0 radical (unpaired) electrons. The van der Waals surface area contributed by atoms with Crippen molar-refractivity contribution < 1.29 is 9.53 Å². The van der Waals surface area contributed by atoms with E-state index in [1.165, 1.54) is 0 Å². The lowest BCUT2D eigenvalue weighted by Gasteiger charge is -2.12. The zero-order valence-corrected chi connectivity index (χ0v) is 14.2. The first-order chi connectivity index (χ1) is 10.8. The summed E-state index contributed by atoms with van der Waals surface area (Å²) in [6.45, 7) is 4.42. The first-order valence-corrected chi connectivity index (χ1v) is 8.30. The summed E-state index contributed by atoms with van der Waals surface area (Å²) >= 11 is 3.53. The molecule has 3 rings (SSSR count). The highest BCUT2D eigenvalue weighted by atomic mass is 32.1. The van der Waals surface area contributed by atoms with E-state index in [1.54, 1.807) is 6.26 Å². The Bertz CT molecular complexity index is 585. The molecule has 1 amide bonds. The Balaban J connectivity index is 0.000000561. The van der Waals surface area contributed by atoms with E-state index in [4.69, 9.17) is 4.74 Å². The van der Waals surface area contributed by atoms with Crippen LogP contribution in [-0.4, -0.2) is 18.8 Å². The maximum Gasteiger partial charge on any atom is 0.227 e. The number of thiol groups is 1. The summed E-state index contributed by atoms with van der Waals surface area (Å²) in [5, 5.41) is 2.87. The van der Waals surface area contributed by atoms with Crippen LogP contribution in [0.2, 0.25) is 0 Å². The molecule has 0 atom stereocenters. The molecule has 0 spiro atoms. The van der Waals surface area contributed by atoms with Crippen molar-refractivity contribution in [3.8, 4) is 16.9 Å². The summed E-state index contributed by atoms with van der Waals surface area (Å²) in [5.74, 6) is 0.758. The third-order valence-electron chi connectivity index (χ3n) is 2.95. The van der Waals surface area contributed by atoms with Gasteiger partial charge in [-0.3, -0.25) is 4.79 Å². The van der Waals surface area contributed by atoms with Crippen molar-refractivity contribution in [2.45, 2.75) is 20.3 Å². The van der Waals surface area contributed by atoms with Gasteiger partial charge >= 0.3 is 0 Å². The van der Waals surface area contributed by atoms with Crippen LogP contribution in [0.3, 0.4) is 0 Å². The van der Waals surface area contributed by atoms with Crippen molar-refractivity contribution in [3.63, 3.8) is 0 Å². The fourth-order valence-corrected chi connectivity index (χ4v) is 2.09. The number of rotatable bonds is 1. The summed E-state index contributed by atoms with van der Waals surface area (Å²) in [7, 11) is 0. The normalized spacial score (nSPS) is 12.1. The molecule has 2 aromatic rings. The van der Waals surface area contributed by atoms with Crippen molar-refractivity contribution in [2.75, 3.05) is 18.2 Å². The second-order valence-electron chi connectivity index (χ2n) is 4.19. The predicted octanol–water partition coefficient (Wildman–Crippen LogP) is 4.65. The van der Waals surface area contributed by atoms with Gasteiger partial charge in [-0.2, -0.15) is 12.6 Å². The van der Waals surface area contributed by atoms with Crippen LogP contribution in [0.5, 0.6) is 5.75 Å². The first-order valence-electron chi connectivity index (χ1n) is 7.40. The van der Waals surface area contributed by atoms with Crippen LogP contribution in [0.4, 0.5) is 5.69 Å². The minimum Gasteiger partial charge on any atom is -0.490 e. The van der Waals surface area contributed by atoms with E-state index in [0.717, 1.165) is 22.6 Å². The molecular weight excluding hydrogens is 294 g/mol. The molecule has 22 heavy (non-hydrogen) atoms. The van der Waals surface area contributed by atoms with Gasteiger partial charge in [-0.05, 0) is 17.9 Å². The topological polar surface area (TPSA) is 38.3 Å². The van der Waals surface area contributed by atoms with Gasteiger partial charge in [0.2, 0.25) is 5.91 Å². The molecule has 0 fully saturated rings. The maximum atomic E-state index is 11.5. The van der Waals surface area contributed by atoms with Gasteiger partial charge in [0.05, 0.1) is 18.7 Å². The Hall–Kier alpha value is -1.94. The SMILES string of the molecule is CC.CS.O=C1CCOc2c(cccc2-c2ccccc2)N1. The molecule has 1 N–H and O–H groups in total. The van der Waals surface area contributed by atoms with Crippen LogP contribution in [0, 0.1) is 0 Å². The smallest absolute Gasteiger partial charge is 0.227 e. The van der Waals surface area contributed by atoms with Crippen molar-refractivity contribution >= 4 is 24.2 Å². The molecular formula is C18H23NO2S. The van der Waals surface area contributed by atoms with Crippen LogP contribution < -0.4 is 10.1 Å². The van der Waals surface area contributed by atoms with E-state index < -0.39 is 0 Å². The number of nitrogens with one attached hydrogen (secondary N) is 1. The molecule has 2 aromatic carbocycles. The molecule has 0 bridgehead atoms. The van der Waals surface area contributed by atoms with Crippen LogP contribution in [0.25, 0.3) is 11.1 Å². The number of fused-ring (bicyclic) bond motifs is 1. The highest BCUT2D eigenvalue weighted by molar-refractivity contribution is 7.79. The van der Waals surface area contributed by atoms with Crippen LogP contribution in [-0.2, 0) is 4.79 Å². The van der Waals surface area contributed by atoms with Gasteiger partial charge in [-0.25, -0.2) is 0 Å². The number of para-hydroxylation sites is 1. The van der Waals surface area contributed by atoms with Crippen LogP contribution in [0.1, 0.15) is 20.3 Å². The van der Waals surface area contributed by atoms with E-state index in [1.807, 2.05) is 62.4 Å². The second kappa shape index (κ2) is 9.90. The van der Waals surface area contributed by atoms with Crippen molar-refractivity contribution in [1.82, 2.24) is 0 Å². The summed E-state index contributed by atoms with van der Waals surface area (Å²) in [5.41, 5.74) is 2.85. The van der Waals surface area contributed by atoms with Crippen LogP contribution >= 0.6 is 12.6 Å². The molecule has 0 aromatic heterocycles. The van der Waals surface area contributed by atoms with E-state index in [-0.39, 0.29) is 5.91 Å². The lowest BCUT2D eigenvalue weighted by atomic mass is 10.0. The van der Waals surface area contributed by atoms with Gasteiger partial charge in [0.25, 0.3) is 0 Å². The van der Waals surface area contributed by atoms with E-state index in [2.05, 4.69) is 17.9 Å². The van der Waals surface area contributed by atoms with Crippen molar-refractivity contribution in [3.05, 3.63) is 48.5 Å². The minimum absolute atomic E-state index is 0.000961. The Labute approximate surface area is 138 Å². The molecule has 118 valence electrons. The highest BCUT2D eigenvalue weighted by Gasteiger charge is 2.17. The van der Waals surface area contributed by atoms with E-state index in [9.17, 15) is 4.79 Å². The number of amides is 1. The largest absolute Gasteiger partial charge is 0.490 e. The van der Waals surface area contributed by atoms with Crippen molar-refractivity contribution in [2.24, 2.45) is 0 Å². The molecule has 3 nitrogen and oxygen atoms in total. The average Bonchev–Trinajstić information content (AvgIpc) is 2.79. The second-order valence-corrected chi connectivity index (χ2v) is 4.19. The summed E-state index contributed by atoms with van der Waals surface area (Å²) in [4.78, 5) is 11.5. The monoisotopic (exact) mass is 317 g/mol. The first kappa shape index (κ1) is 18.1. The standard InChI is InChI=1S/C15H13NO2.C2H6.CH4S/c17-14-9-10-18-15-12(7-4-8-13(15)16-14)11-5-2-1-3-6-11;2*1-2/h1-8H,9-10H2,(H,16,17);1-2H3;2H,1H3. The Morgan fingerprint density at radius 3 is 2.36 bits per heavy atom.